The van der Waals surface area contributed by atoms with E-state index in [2.05, 4.69) is 4.52 Å². The first kappa shape index (κ1) is 17.0. The third-order valence-corrected chi connectivity index (χ3v) is 3.62. The van der Waals surface area contributed by atoms with Crippen molar-refractivity contribution in [1.29, 1.82) is 0 Å². The van der Waals surface area contributed by atoms with E-state index in [4.69, 9.17) is 15.4 Å². The number of carbonyl (C=O) groups is 1. The lowest BCUT2D eigenvalue weighted by Crippen LogP contribution is -2.46. The molecule has 2 rings (SSSR count). The third kappa shape index (κ3) is 3.87. The molecular formula is C11H15N2O8P. The fourth-order valence-corrected chi connectivity index (χ4v) is 2.41. The molecule has 2 heterocycles. The number of hydrogen-bond donors (Lipinski definition) is 4. The van der Waals surface area contributed by atoms with Crippen molar-refractivity contribution in [2.75, 3.05) is 6.61 Å². The molecule has 5 atom stereocenters. The van der Waals surface area contributed by atoms with Crippen LogP contribution in [0.15, 0.2) is 24.5 Å². The molecule has 0 aromatic carbocycles. The maximum Gasteiger partial charge on any atom is 0.292 e. The molecule has 1 aromatic heterocycles. The zero-order valence-electron chi connectivity index (χ0n) is 11.2. The number of carbonyl (C=O) groups excluding carboxylic acids is 1. The maximum absolute atomic E-state index is 11.1. The minimum absolute atomic E-state index is 0.159. The van der Waals surface area contributed by atoms with E-state index < -0.39 is 44.9 Å². The zero-order chi connectivity index (χ0) is 16.5. The van der Waals surface area contributed by atoms with Crippen LogP contribution >= 0.6 is 7.82 Å². The van der Waals surface area contributed by atoms with E-state index in [1.807, 2.05) is 0 Å². The maximum atomic E-state index is 11.1. The largest absolute Gasteiger partial charge is 0.756 e. The van der Waals surface area contributed by atoms with Crippen LogP contribution in [0.5, 0.6) is 0 Å². The predicted octanol–water partition coefficient (Wildman–Crippen LogP) is -2.83. The van der Waals surface area contributed by atoms with Gasteiger partial charge in [0, 0.05) is 6.07 Å². The molecule has 1 aromatic rings. The van der Waals surface area contributed by atoms with Gasteiger partial charge in [0.1, 0.15) is 17.8 Å². The predicted molar refractivity (Wildman–Crippen MR) is 66.9 cm³/mol. The van der Waals surface area contributed by atoms with Crippen LogP contribution in [-0.2, 0) is 13.8 Å². The molecule has 122 valence electrons. The number of aromatic nitrogens is 1. The Morgan fingerprint density at radius 1 is 1.50 bits per heavy atom. The highest BCUT2D eigenvalue weighted by atomic mass is 31.2. The number of aliphatic hydroxyl groups is 2. The van der Waals surface area contributed by atoms with E-state index in [0.717, 1.165) is 0 Å². The van der Waals surface area contributed by atoms with Gasteiger partial charge in [0.15, 0.2) is 18.5 Å². The lowest BCUT2D eigenvalue weighted by Gasteiger charge is -2.19. The molecule has 1 amide bonds. The molecule has 0 bridgehead atoms. The number of rotatable bonds is 5. The van der Waals surface area contributed by atoms with Gasteiger partial charge in [-0.1, -0.05) is 0 Å². The van der Waals surface area contributed by atoms with E-state index >= 15 is 0 Å². The summed E-state index contributed by atoms with van der Waals surface area (Å²) in [6.45, 7) is -0.665. The monoisotopic (exact) mass is 334 g/mol. The summed E-state index contributed by atoms with van der Waals surface area (Å²) in [5.74, 6) is -0.685. The minimum Gasteiger partial charge on any atom is -0.756 e. The SMILES string of the molecule is NC(=O)c1ccc[n+]([C@@H]2O[C@H](COP(=O)([O-])O)C(O)[C@@H]2O)c1. The first-order valence-electron chi connectivity index (χ1n) is 6.19. The lowest BCUT2D eigenvalue weighted by molar-refractivity contribution is -0.765. The molecule has 0 spiro atoms. The molecule has 5 N–H and O–H groups in total. The van der Waals surface area contributed by atoms with Crippen LogP contribution in [0.25, 0.3) is 0 Å². The smallest absolute Gasteiger partial charge is 0.292 e. The van der Waals surface area contributed by atoms with E-state index in [0.29, 0.717) is 0 Å². The van der Waals surface area contributed by atoms with Crippen molar-refractivity contribution >= 4 is 13.7 Å². The Bertz CT molecular complexity index is 606. The quantitative estimate of drug-likeness (QED) is 0.330. The Morgan fingerprint density at radius 3 is 2.77 bits per heavy atom. The van der Waals surface area contributed by atoms with Gasteiger partial charge in [-0.3, -0.25) is 9.36 Å². The summed E-state index contributed by atoms with van der Waals surface area (Å²) in [6, 6.07) is 2.95. The summed E-state index contributed by atoms with van der Waals surface area (Å²) < 4.78 is 21.3. The summed E-state index contributed by atoms with van der Waals surface area (Å²) in [6.07, 6.45) is -2.31. The van der Waals surface area contributed by atoms with Crippen molar-refractivity contribution in [1.82, 2.24) is 0 Å². The molecule has 2 unspecified atom stereocenters. The number of aliphatic hydroxyl groups excluding tert-OH is 2. The summed E-state index contributed by atoms with van der Waals surface area (Å²) in [5, 5.41) is 19.8. The number of primary amides is 1. The summed E-state index contributed by atoms with van der Waals surface area (Å²) in [7, 11) is -4.97. The first-order valence-corrected chi connectivity index (χ1v) is 7.69. The normalized spacial score (nSPS) is 30.9. The van der Waals surface area contributed by atoms with Gasteiger partial charge in [0.25, 0.3) is 20.0 Å². The number of ether oxygens (including phenoxy) is 1. The van der Waals surface area contributed by atoms with Gasteiger partial charge in [-0.15, -0.1) is 0 Å². The Kier molecular flexibility index (Phi) is 4.93. The fraction of sp³-hybridized carbons (Fsp3) is 0.455. The van der Waals surface area contributed by atoms with Gasteiger partial charge < -0.3 is 35.0 Å². The van der Waals surface area contributed by atoms with Gasteiger partial charge in [-0.25, -0.2) is 0 Å². The third-order valence-electron chi connectivity index (χ3n) is 3.14. The molecule has 11 heteroatoms. The second kappa shape index (κ2) is 6.39. The highest BCUT2D eigenvalue weighted by Gasteiger charge is 2.48. The van der Waals surface area contributed by atoms with Crippen molar-refractivity contribution in [3.8, 4) is 0 Å². The van der Waals surface area contributed by atoms with E-state index in [1.165, 1.54) is 29.1 Å². The second-order valence-corrected chi connectivity index (χ2v) is 5.91. The molecule has 1 aliphatic heterocycles. The average Bonchev–Trinajstić information content (AvgIpc) is 2.72. The van der Waals surface area contributed by atoms with Crippen LogP contribution in [0.3, 0.4) is 0 Å². The number of nitrogens with zero attached hydrogens (tertiary/aromatic N) is 1. The summed E-state index contributed by atoms with van der Waals surface area (Å²) in [4.78, 5) is 30.2. The van der Waals surface area contributed by atoms with Crippen molar-refractivity contribution in [3.63, 3.8) is 0 Å². The van der Waals surface area contributed by atoms with Crippen molar-refractivity contribution in [2.24, 2.45) is 5.73 Å². The molecular weight excluding hydrogens is 319 g/mol. The van der Waals surface area contributed by atoms with Crippen molar-refractivity contribution in [3.05, 3.63) is 30.1 Å². The number of amides is 1. The number of nitrogens with two attached hydrogens (primary N) is 1. The van der Waals surface area contributed by atoms with Gasteiger partial charge >= 0.3 is 0 Å². The first-order chi connectivity index (χ1) is 10.2. The van der Waals surface area contributed by atoms with E-state index in [-0.39, 0.29) is 5.56 Å². The molecule has 10 nitrogen and oxygen atoms in total. The van der Waals surface area contributed by atoms with Gasteiger partial charge in [0.05, 0.1) is 6.61 Å². The van der Waals surface area contributed by atoms with Crippen LogP contribution in [0, 0.1) is 0 Å². The highest BCUT2D eigenvalue weighted by molar-refractivity contribution is 7.44. The molecule has 0 aliphatic carbocycles. The Balaban J connectivity index is 2.14. The Hall–Kier alpha value is -1.39. The van der Waals surface area contributed by atoms with Crippen molar-refractivity contribution in [2.45, 2.75) is 24.5 Å². The standard InChI is InChI=1S/C11H15N2O8P/c12-10(16)6-2-1-3-13(4-6)11-9(15)8(14)7(21-11)5-20-22(17,18)19/h1-4,7-9,11,14-15H,5H2,(H3-,12,16,17,18,19)/t7-,8?,9+,11-/m1/s1. The molecule has 1 aliphatic rings. The van der Waals surface area contributed by atoms with Crippen LogP contribution in [0.1, 0.15) is 16.6 Å². The van der Waals surface area contributed by atoms with Crippen LogP contribution in [-0.4, -0.2) is 45.9 Å². The number of hydrogen-bond acceptors (Lipinski definition) is 7. The molecule has 0 radical (unpaired) electrons. The van der Waals surface area contributed by atoms with Gasteiger partial charge in [-0.2, -0.15) is 4.57 Å². The van der Waals surface area contributed by atoms with Crippen molar-refractivity contribution < 1.29 is 43.2 Å². The minimum atomic E-state index is -4.97. The zero-order valence-corrected chi connectivity index (χ0v) is 12.1. The topological polar surface area (TPSA) is 166 Å². The Morgan fingerprint density at radius 2 is 2.18 bits per heavy atom. The lowest BCUT2D eigenvalue weighted by atomic mass is 10.1. The van der Waals surface area contributed by atoms with E-state index in [9.17, 15) is 24.5 Å². The van der Waals surface area contributed by atoms with Crippen LogP contribution in [0.4, 0.5) is 0 Å². The number of pyridine rings is 1. The fourth-order valence-electron chi connectivity index (χ4n) is 2.08. The highest BCUT2D eigenvalue weighted by Crippen LogP contribution is 2.33. The van der Waals surface area contributed by atoms with Gasteiger partial charge in [0.2, 0.25) is 0 Å². The van der Waals surface area contributed by atoms with Gasteiger partial charge in [-0.05, 0) is 6.07 Å². The molecule has 22 heavy (non-hydrogen) atoms. The number of phosphoric ester groups is 1. The summed E-state index contributed by atoms with van der Waals surface area (Å²) >= 11 is 0. The number of phosphoric acid groups is 1. The van der Waals surface area contributed by atoms with Crippen LogP contribution in [0.2, 0.25) is 0 Å². The molecule has 0 saturated carbocycles. The van der Waals surface area contributed by atoms with Crippen LogP contribution < -0.4 is 15.2 Å². The molecule has 1 saturated heterocycles. The average molecular weight is 334 g/mol. The summed E-state index contributed by atoms with van der Waals surface area (Å²) in [5.41, 5.74) is 5.31. The second-order valence-electron chi connectivity index (χ2n) is 4.71. The van der Waals surface area contributed by atoms with E-state index in [1.54, 1.807) is 0 Å². The molecule has 1 fully saturated rings. The Labute approximate surface area is 124 Å².